The van der Waals surface area contributed by atoms with Crippen LogP contribution in [0.4, 0.5) is 4.79 Å². The maximum Gasteiger partial charge on any atom is 0.415 e. The van der Waals surface area contributed by atoms with Gasteiger partial charge in [-0.3, -0.25) is 4.79 Å². The predicted octanol–water partition coefficient (Wildman–Crippen LogP) is 2.81. The van der Waals surface area contributed by atoms with Crippen LogP contribution in [0.3, 0.4) is 0 Å². The van der Waals surface area contributed by atoms with E-state index in [2.05, 4.69) is 5.32 Å². The van der Waals surface area contributed by atoms with Gasteiger partial charge in [0.15, 0.2) is 0 Å². The summed E-state index contributed by atoms with van der Waals surface area (Å²) in [7, 11) is 0. The molecule has 22 heavy (non-hydrogen) atoms. The molecule has 0 bridgehead atoms. The number of carbonyl (C=O) groups excluding carboxylic acids is 2. The fourth-order valence-corrected chi connectivity index (χ4v) is 2.26. The number of para-hydroxylation sites is 1. The lowest BCUT2D eigenvalue weighted by Crippen LogP contribution is -2.49. The summed E-state index contributed by atoms with van der Waals surface area (Å²) in [6, 6.07) is 9.18. The summed E-state index contributed by atoms with van der Waals surface area (Å²) in [6.45, 7) is 6.89. The van der Waals surface area contributed by atoms with Crippen molar-refractivity contribution in [1.82, 2.24) is 10.2 Å². The highest BCUT2D eigenvalue weighted by atomic mass is 16.6. The van der Waals surface area contributed by atoms with Crippen molar-refractivity contribution in [2.24, 2.45) is 5.41 Å². The van der Waals surface area contributed by atoms with Crippen molar-refractivity contribution < 1.29 is 14.3 Å². The second kappa shape index (κ2) is 6.81. The first kappa shape index (κ1) is 16.3. The van der Waals surface area contributed by atoms with Crippen LogP contribution < -0.4 is 10.1 Å². The van der Waals surface area contributed by atoms with E-state index in [9.17, 15) is 9.59 Å². The maximum atomic E-state index is 12.1. The quantitative estimate of drug-likeness (QED) is 0.914. The Hall–Kier alpha value is -2.04. The molecule has 0 radical (unpaired) electrons. The summed E-state index contributed by atoms with van der Waals surface area (Å²) < 4.78 is 5.32. The first-order valence-electron chi connectivity index (χ1n) is 7.69. The fraction of sp³-hybridized carbons (Fsp3) is 0.529. The Labute approximate surface area is 131 Å². The Morgan fingerprint density at radius 2 is 1.73 bits per heavy atom. The molecule has 0 atom stereocenters. The number of benzene rings is 1. The molecule has 1 N–H and O–H groups in total. The van der Waals surface area contributed by atoms with Crippen LogP contribution in [0, 0.1) is 5.41 Å². The predicted molar refractivity (Wildman–Crippen MR) is 84.7 cm³/mol. The van der Waals surface area contributed by atoms with Gasteiger partial charge in [0.05, 0.1) is 0 Å². The molecule has 0 aliphatic carbocycles. The summed E-state index contributed by atoms with van der Waals surface area (Å²) in [5.74, 6) is 0.605. The van der Waals surface area contributed by atoms with E-state index in [1.165, 1.54) is 0 Å². The lowest BCUT2D eigenvalue weighted by atomic mass is 9.94. The molecule has 5 heteroatoms. The van der Waals surface area contributed by atoms with E-state index in [4.69, 9.17) is 4.74 Å². The molecule has 120 valence electrons. The Morgan fingerprint density at radius 3 is 2.27 bits per heavy atom. The third-order valence-corrected chi connectivity index (χ3v) is 3.72. The van der Waals surface area contributed by atoms with Crippen LogP contribution in [0.15, 0.2) is 30.3 Å². The minimum absolute atomic E-state index is 0.0535. The van der Waals surface area contributed by atoms with Crippen molar-refractivity contribution in [2.45, 2.75) is 39.7 Å². The highest BCUT2D eigenvalue weighted by Crippen LogP contribution is 2.17. The molecule has 0 aromatic heterocycles. The van der Waals surface area contributed by atoms with Gasteiger partial charge in [-0.05, 0) is 25.0 Å². The fourth-order valence-electron chi connectivity index (χ4n) is 2.26. The van der Waals surface area contributed by atoms with Gasteiger partial charge >= 0.3 is 6.09 Å². The number of piperidine rings is 1. The van der Waals surface area contributed by atoms with Crippen molar-refractivity contribution in [2.75, 3.05) is 13.1 Å². The highest BCUT2D eigenvalue weighted by molar-refractivity contribution is 5.81. The molecule has 1 aromatic carbocycles. The van der Waals surface area contributed by atoms with Gasteiger partial charge in [-0.25, -0.2) is 4.79 Å². The number of ether oxygens (including phenoxy) is 1. The van der Waals surface area contributed by atoms with Gasteiger partial charge in [0.2, 0.25) is 5.91 Å². The minimum Gasteiger partial charge on any atom is -0.410 e. The van der Waals surface area contributed by atoms with E-state index in [1.54, 1.807) is 17.0 Å². The Kier molecular flexibility index (Phi) is 5.06. The van der Waals surface area contributed by atoms with E-state index in [-0.39, 0.29) is 23.5 Å². The molecule has 1 heterocycles. The van der Waals surface area contributed by atoms with Crippen LogP contribution in [0.25, 0.3) is 0 Å². The summed E-state index contributed by atoms with van der Waals surface area (Å²) >= 11 is 0. The molecule has 1 aliphatic rings. The van der Waals surface area contributed by atoms with Crippen molar-refractivity contribution in [3.63, 3.8) is 0 Å². The smallest absolute Gasteiger partial charge is 0.410 e. The molecular formula is C17H24N2O3. The van der Waals surface area contributed by atoms with Gasteiger partial charge in [0.1, 0.15) is 5.75 Å². The van der Waals surface area contributed by atoms with Gasteiger partial charge in [-0.15, -0.1) is 0 Å². The molecule has 5 nitrogen and oxygen atoms in total. The van der Waals surface area contributed by atoms with Gasteiger partial charge < -0.3 is 15.0 Å². The number of likely N-dealkylation sites (tertiary alicyclic amines) is 1. The second-order valence-corrected chi connectivity index (χ2v) is 6.67. The Morgan fingerprint density at radius 1 is 1.14 bits per heavy atom. The maximum absolute atomic E-state index is 12.1. The zero-order valence-corrected chi connectivity index (χ0v) is 13.5. The molecule has 2 rings (SSSR count). The normalized spacial score (nSPS) is 16.2. The summed E-state index contributed by atoms with van der Waals surface area (Å²) in [5.41, 5.74) is -0.386. The van der Waals surface area contributed by atoms with Crippen molar-refractivity contribution in [3.8, 4) is 5.75 Å². The summed E-state index contributed by atoms with van der Waals surface area (Å²) in [6.07, 6.45) is 1.18. The molecular weight excluding hydrogens is 280 g/mol. The van der Waals surface area contributed by atoms with Crippen molar-refractivity contribution in [3.05, 3.63) is 30.3 Å². The van der Waals surface area contributed by atoms with Crippen LogP contribution in [-0.2, 0) is 4.79 Å². The molecule has 0 unspecified atom stereocenters. The lowest BCUT2D eigenvalue weighted by molar-refractivity contribution is -0.129. The monoisotopic (exact) mass is 304 g/mol. The first-order chi connectivity index (χ1) is 10.4. The van der Waals surface area contributed by atoms with Gasteiger partial charge in [0.25, 0.3) is 0 Å². The topological polar surface area (TPSA) is 58.6 Å². The Bertz CT molecular complexity index is 514. The van der Waals surface area contributed by atoms with Gasteiger partial charge in [-0.1, -0.05) is 39.0 Å². The SMILES string of the molecule is CC(C)(C)C(=O)NC1CCN(C(=O)Oc2ccccc2)CC1. The standard InChI is InChI=1S/C17H24N2O3/c1-17(2,3)15(20)18-13-9-11-19(12-10-13)16(21)22-14-7-5-4-6-8-14/h4-8,13H,9-12H2,1-3H3,(H,18,20). The lowest BCUT2D eigenvalue weighted by Gasteiger charge is -2.33. The van der Waals surface area contributed by atoms with Gasteiger partial charge in [-0.2, -0.15) is 0 Å². The van der Waals surface area contributed by atoms with E-state index < -0.39 is 0 Å². The third-order valence-electron chi connectivity index (χ3n) is 3.72. The molecule has 1 saturated heterocycles. The van der Waals surface area contributed by atoms with Crippen molar-refractivity contribution in [1.29, 1.82) is 0 Å². The third kappa shape index (κ3) is 4.48. The van der Waals surface area contributed by atoms with Crippen LogP contribution in [0.2, 0.25) is 0 Å². The summed E-state index contributed by atoms with van der Waals surface area (Å²) in [4.78, 5) is 25.7. The van der Waals surface area contributed by atoms with E-state index in [0.717, 1.165) is 12.8 Å². The number of nitrogens with zero attached hydrogens (tertiary/aromatic N) is 1. The van der Waals surface area contributed by atoms with Crippen molar-refractivity contribution >= 4 is 12.0 Å². The highest BCUT2D eigenvalue weighted by Gasteiger charge is 2.28. The molecule has 1 aromatic rings. The zero-order valence-electron chi connectivity index (χ0n) is 13.5. The van der Waals surface area contributed by atoms with Crippen LogP contribution in [0.1, 0.15) is 33.6 Å². The number of carbonyl (C=O) groups is 2. The number of hydrogen-bond donors (Lipinski definition) is 1. The molecule has 2 amide bonds. The van der Waals surface area contributed by atoms with E-state index >= 15 is 0 Å². The first-order valence-corrected chi connectivity index (χ1v) is 7.69. The molecule has 0 saturated carbocycles. The van der Waals surface area contributed by atoms with Gasteiger partial charge in [0, 0.05) is 24.5 Å². The second-order valence-electron chi connectivity index (χ2n) is 6.67. The Balaban J connectivity index is 1.79. The zero-order chi connectivity index (χ0) is 16.2. The number of nitrogens with one attached hydrogen (secondary N) is 1. The number of rotatable bonds is 2. The average Bonchev–Trinajstić information content (AvgIpc) is 2.48. The minimum atomic E-state index is -0.386. The van der Waals surface area contributed by atoms with E-state index in [1.807, 2.05) is 39.0 Å². The number of amides is 2. The van der Waals surface area contributed by atoms with Crippen LogP contribution >= 0.6 is 0 Å². The van der Waals surface area contributed by atoms with Crippen LogP contribution in [-0.4, -0.2) is 36.0 Å². The average molecular weight is 304 g/mol. The van der Waals surface area contributed by atoms with E-state index in [0.29, 0.717) is 18.8 Å². The molecule has 0 spiro atoms. The number of hydrogen-bond acceptors (Lipinski definition) is 3. The largest absolute Gasteiger partial charge is 0.415 e. The molecule has 1 fully saturated rings. The molecule has 1 aliphatic heterocycles. The summed E-state index contributed by atoms with van der Waals surface area (Å²) in [5, 5.41) is 3.05. The van der Waals surface area contributed by atoms with Crippen LogP contribution in [0.5, 0.6) is 5.75 Å².